The van der Waals surface area contributed by atoms with Gasteiger partial charge in [-0.25, -0.2) is 9.67 Å². The number of amides is 1. The highest BCUT2D eigenvalue weighted by Gasteiger charge is 2.28. The van der Waals surface area contributed by atoms with Crippen LogP contribution in [0.3, 0.4) is 0 Å². The minimum atomic E-state index is -0.521. The molecule has 2 heterocycles. The molecule has 0 bridgehead atoms. The predicted octanol–water partition coefficient (Wildman–Crippen LogP) is 5.43. The fraction of sp³-hybridized carbons (Fsp3) is 0.310. The van der Waals surface area contributed by atoms with Gasteiger partial charge in [-0.05, 0) is 49.2 Å². The van der Waals surface area contributed by atoms with E-state index in [1.165, 1.54) is 12.1 Å². The number of hydrogen-bond acceptors (Lipinski definition) is 8. The number of carbonyl (C=O) groups is 1. The highest BCUT2D eigenvalue weighted by atomic mass is 35.5. The van der Waals surface area contributed by atoms with Crippen LogP contribution in [0.25, 0.3) is 22.8 Å². The molecule has 0 spiro atoms. The number of ether oxygens (including phenoxy) is 2. The molecule has 1 saturated carbocycles. The number of carbonyl (C=O) groups excluding carboxylic acids is 1. The van der Waals surface area contributed by atoms with E-state index in [1.807, 2.05) is 18.2 Å². The van der Waals surface area contributed by atoms with Gasteiger partial charge in [0, 0.05) is 42.2 Å². The molecule has 1 aliphatic carbocycles. The molecule has 4 aromatic rings. The van der Waals surface area contributed by atoms with Crippen LogP contribution in [0.1, 0.15) is 25.7 Å². The molecular weight excluding hydrogens is 548 g/mol. The second kappa shape index (κ2) is 12.8. The van der Waals surface area contributed by atoms with Crippen molar-refractivity contribution in [3.8, 4) is 34.3 Å². The zero-order valence-electron chi connectivity index (χ0n) is 22.5. The maximum atomic E-state index is 13.5. The zero-order valence-corrected chi connectivity index (χ0v) is 23.2. The average Bonchev–Trinajstić information content (AvgIpc) is 3.68. The Morgan fingerprint density at radius 1 is 1.10 bits per heavy atom. The molecule has 5 rings (SSSR count). The SMILES string of the molecule is COc1ccc(-c2nc(-c3ccncc3)nn2CCN(C(=O)COc2ccccc2[N+](=O)[O-])C2CCCC2)cc1Cl. The van der Waals surface area contributed by atoms with E-state index < -0.39 is 4.92 Å². The van der Waals surface area contributed by atoms with Gasteiger partial charge in [0.15, 0.2) is 24.0 Å². The largest absolute Gasteiger partial charge is 0.495 e. The van der Waals surface area contributed by atoms with E-state index in [0.717, 1.165) is 36.8 Å². The number of methoxy groups -OCH3 is 1. The van der Waals surface area contributed by atoms with Crippen molar-refractivity contribution >= 4 is 23.2 Å². The topological polar surface area (TPSA) is 126 Å². The molecule has 11 nitrogen and oxygen atoms in total. The number of nitro benzene ring substituents is 1. The number of nitrogens with zero attached hydrogens (tertiary/aromatic N) is 6. The molecule has 1 amide bonds. The molecule has 0 aliphatic heterocycles. The summed E-state index contributed by atoms with van der Waals surface area (Å²) in [6, 6.07) is 15.2. The second-order valence-corrected chi connectivity index (χ2v) is 10.0. The molecule has 0 saturated heterocycles. The lowest BCUT2D eigenvalue weighted by molar-refractivity contribution is -0.385. The molecule has 2 aromatic carbocycles. The molecule has 212 valence electrons. The first-order valence-corrected chi connectivity index (χ1v) is 13.7. The van der Waals surface area contributed by atoms with E-state index in [-0.39, 0.29) is 30.0 Å². The van der Waals surface area contributed by atoms with E-state index in [2.05, 4.69) is 4.98 Å². The van der Waals surface area contributed by atoms with Crippen LogP contribution in [0.15, 0.2) is 67.0 Å². The third-order valence-electron chi connectivity index (χ3n) is 7.07. The van der Waals surface area contributed by atoms with Crippen molar-refractivity contribution in [2.45, 2.75) is 38.3 Å². The fourth-order valence-electron chi connectivity index (χ4n) is 5.02. The fourth-order valence-corrected chi connectivity index (χ4v) is 5.28. The van der Waals surface area contributed by atoms with Crippen molar-refractivity contribution < 1.29 is 19.2 Å². The number of pyridine rings is 1. The van der Waals surface area contributed by atoms with Gasteiger partial charge in [0.25, 0.3) is 5.91 Å². The molecule has 1 aliphatic rings. The Hall–Kier alpha value is -4.51. The summed E-state index contributed by atoms with van der Waals surface area (Å²) in [6.45, 7) is 0.423. The van der Waals surface area contributed by atoms with Gasteiger partial charge in [-0.3, -0.25) is 19.9 Å². The van der Waals surface area contributed by atoms with Crippen molar-refractivity contribution in [3.05, 3.63) is 82.1 Å². The lowest BCUT2D eigenvalue weighted by Gasteiger charge is -2.29. The van der Waals surface area contributed by atoms with E-state index in [0.29, 0.717) is 35.5 Å². The molecule has 0 N–H and O–H groups in total. The molecule has 0 unspecified atom stereocenters. The van der Waals surface area contributed by atoms with Gasteiger partial charge in [0.05, 0.1) is 23.6 Å². The number of aromatic nitrogens is 4. The lowest BCUT2D eigenvalue weighted by Crippen LogP contribution is -2.43. The number of hydrogen-bond donors (Lipinski definition) is 0. The number of para-hydroxylation sites is 2. The van der Waals surface area contributed by atoms with Crippen LogP contribution < -0.4 is 9.47 Å². The van der Waals surface area contributed by atoms with Crippen LogP contribution in [-0.2, 0) is 11.3 Å². The third kappa shape index (κ3) is 6.46. The minimum Gasteiger partial charge on any atom is -0.495 e. The van der Waals surface area contributed by atoms with E-state index in [9.17, 15) is 14.9 Å². The number of nitro groups is 1. The molecule has 2 aromatic heterocycles. The van der Waals surface area contributed by atoms with Gasteiger partial charge in [0.1, 0.15) is 5.75 Å². The standard InChI is InChI=1S/C29H29ClN6O5/c1-40-25-11-10-21(18-23(25)30)29-32-28(20-12-14-31-15-13-20)33-35(29)17-16-34(22-6-2-3-7-22)27(37)19-41-26-9-5-4-8-24(26)36(38)39/h4-5,8-15,18,22H,2-3,6-7,16-17,19H2,1H3. The Balaban J connectivity index is 1.40. The van der Waals surface area contributed by atoms with Crippen molar-refractivity contribution in [1.29, 1.82) is 0 Å². The zero-order chi connectivity index (χ0) is 28.8. The quantitative estimate of drug-likeness (QED) is 0.171. The summed E-state index contributed by atoms with van der Waals surface area (Å²) in [5.74, 6) is 1.49. The Kier molecular flexibility index (Phi) is 8.73. The van der Waals surface area contributed by atoms with Crippen molar-refractivity contribution in [3.63, 3.8) is 0 Å². The lowest BCUT2D eigenvalue weighted by atomic mass is 10.2. The van der Waals surface area contributed by atoms with Crippen LogP contribution in [0.5, 0.6) is 11.5 Å². The normalized spacial score (nSPS) is 13.2. The van der Waals surface area contributed by atoms with Gasteiger partial charge >= 0.3 is 5.69 Å². The van der Waals surface area contributed by atoms with E-state index >= 15 is 0 Å². The van der Waals surface area contributed by atoms with Crippen LogP contribution in [0.4, 0.5) is 5.69 Å². The Morgan fingerprint density at radius 2 is 1.85 bits per heavy atom. The van der Waals surface area contributed by atoms with E-state index in [4.69, 9.17) is 31.2 Å². The van der Waals surface area contributed by atoms with Crippen LogP contribution in [0.2, 0.25) is 5.02 Å². The highest BCUT2D eigenvalue weighted by Crippen LogP contribution is 2.31. The number of benzene rings is 2. The summed E-state index contributed by atoms with van der Waals surface area (Å²) in [4.78, 5) is 35.0. The first kappa shape index (κ1) is 28.0. The summed E-state index contributed by atoms with van der Waals surface area (Å²) < 4.78 is 12.7. The van der Waals surface area contributed by atoms with E-state index in [1.54, 1.807) is 53.4 Å². The molecule has 41 heavy (non-hydrogen) atoms. The maximum absolute atomic E-state index is 13.5. The molecular formula is C29H29ClN6O5. The summed E-state index contributed by atoms with van der Waals surface area (Å²) >= 11 is 6.43. The first-order chi connectivity index (χ1) is 19.9. The molecule has 1 fully saturated rings. The van der Waals surface area contributed by atoms with Crippen LogP contribution >= 0.6 is 11.6 Å². The summed E-state index contributed by atoms with van der Waals surface area (Å²) in [6.07, 6.45) is 7.19. The molecule has 12 heteroatoms. The van der Waals surface area contributed by atoms with Gasteiger partial charge in [0.2, 0.25) is 0 Å². The summed E-state index contributed by atoms with van der Waals surface area (Å²) in [5, 5.41) is 16.6. The molecule has 0 atom stereocenters. The summed E-state index contributed by atoms with van der Waals surface area (Å²) in [5.41, 5.74) is 1.38. The van der Waals surface area contributed by atoms with Gasteiger partial charge in [-0.2, -0.15) is 5.10 Å². The van der Waals surface area contributed by atoms with Crippen LogP contribution in [-0.4, -0.2) is 61.8 Å². The highest BCUT2D eigenvalue weighted by molar-refractivity contribution is 6.32. The Bertz CT molecular complexity index is 1520. The minimum absolute atomic E-state index is 0.0546. The maximum Gasteiger partial charge on any atom is 0.310 e. The molecule has 0 radical (unpaired) electrons. The van der Waals surface area contributed by atoms with Crippen molar-refractivity contribution in [1.82, 2.24) is 24.6 Å². The van der Waals surface area contributed by atoms with Crippen molar-refractivity contribution in [2.75, 3.05) is 20.3 Å². The number of halogens is 1. The Labute approximate surface area is 241 Å². The van der Waals surface area contributed by atoms with Crippen molar-refractivity contribution in [2.24, 2.45) is 0 Å². The predicted molar refractivity (Wildman–Crippen MR) is 153 cm³/mol. The van der Waals surface area contributed by atoms with Gasteiger partial charge in [-0.15, -0.1) is 0 Å². The third-order valence-corrected chi connectivity index (χ3v) is 7.37. The Morgan fingerprint density at radius 3 is 2.56 bits per heavy atom. The summed E-state index contributed by atoms with van der Waals surface area (Å²) in [7, 11) is 1.55. The van der Waals surface area contributed by atoms with Crippen LogP contribution in [0, 0.1) is 10.1 Å². The second-order valence-electron chi connectivity index (χ2n) is 9.61. The smallest absolute Gasteiger partial charge is 0.310 e. The number of rotatable bonds is 11. The average molecular weight is 577 g/mol. The first-order valence-electron chi connectivity index (χ1n) is 13.3. The van der Waals surface area contributed by atoms with Gasteiger partial charge < -0.3 is 14.4 Å². The monoisotopic (exact) mass is 576 g/mol. The van der Waals surface area contributed by atoms with Gasteiger partial charge in [-0.1, -0.05) is 36.6 Å².